The molecule has 2 aromatic rings. The highest BCUT2D eigenvalue weighted by Crippen LogP contribution is 2.15. The summed E-state index contributed by atoms with van der Waals surface area (Å²) >= 11 is 0. The number of aliphatic hydroxyl groups excluding tert-OH is 1. The Labute approximate surface area is 108 Å². The first-order chi connectivity index (χ1) is 9.10. The first kappa shape index (κ1) is 13.2. The van der Waals surface area contributed by atoms with Crippen LogP contribution in [0.4, 0.5) is 10.3 Å². The van der Waals surface area contributed by atoms with E-state index >= 15 is 0 Å². The van der Waals surface area contributed by atoms with Gasteiger partial charge in [0.25, 0.3) is 0 Å². The van der Waals surface area contributed by atoms with Crippen LogP contribution in [0.15, 0.2) is 33.8 Å². The van der Waals surface area contributed by atoms with Crippen molar-refractivity contribution in [2.24, 2.45) is 4.99 Å². The van der Waals surface area contributed by atoms with Gasteiger partial charge in [-0.1, -0.05) is 0 Å². The third-order valence-electron chi connectivity index (χ3n) is 2.44. The number of benzene rings is 1. The van der Waals surface area contributed by atoms with E-state index in [2.05, 4.69) is 10.3 Å². The molecule has 6 nitrogen and oxygen atoms in total. The lowest BCUT2D eigenvalue weighted by Crippen LogP contribution is -2.39. The second kappa shape index (κ2) is 5.57. The Morgan fingerprint density at radius 3 is 2.74 bits per heavy atom. The summed E-state index contributed by atoms with van der Waals surface area (Å²) in [6.07, 6.45) is 0. The van der Waals surface area contributed by atoms with Crippen molar-refractivity contribution in [3.8, 4) is 0 Å². The number of hydrogen-bond acceptors (Lipinski definition) is 5. The van der Waals surface area contributed by atoms with Gasteiger partial charge in [0.1, 0.15) is 12.4 Å². The lowest BCUT2D eigenvalue weighted by molar-refractivity contribution is -0.762. The van der Waals surface area contributed by atoms with E-state index in [1.54, 1.807) is 12.1 Å². The van der Waals surface area contributed by atoms with Gasteiger partial charge >= 0.3 is 11.6 Å². The highest BCUT2D eigenvalue weighted by atomic mass is 19.1. The zero-order chi connectivity index (χ0) is 13.8. The number of halogens is 1. The molecule has 7 heteroatoms. The van der Waals surface area contributed by atoms with Gasteiger partial charge in [0.05, 0.1) is 0 Å². The maximum absolute atomic E-state index is 12.8. The third kappa shape index (κ3) is 3.14. The molecule has 0 amide bonds. The monoisotopic (exact) mass is 265 g/mol. The smallest absolute Gasteiger partial charge is 0.326 e. The molecule has 0 aliphatic carbocycles. The van der Waals surface area contributed by atoms with Crippen molar-refractivity contribution in [3.63, 3.8) is 0 Å². The first-order valence-corrected chi connectivity index (χ1v) is 5.56. The molecule has 0 spiro atoms. The molecule has 1 aromatic heterocycles. The lowest BCUT2D eigenvalue weighted by atomic mass is 10.2. The summed E-state index contributed by atoms with van der Waals surface area (Å²) in [6, 6.07) is 5.85. The van der Waals surface area contributed by atoms with Gasteiger partial charge in [-0.05, 0) is 41.8 Å². The minimum atomic E-state index is -0.445. The maximum atomic E-state index is 12.8. The molecule has 0 saturated heterocycles. The average Bonchev–Trinajstić information content (AvgIpc) is 2.73. The molecule has 1 aromatic carbocycles. The molecule has 0 aliphatic rings. The third-order valence-corrected chi connectivity index (χ3v) is 2.44. The van der Waals surface area contributed by atoms with Gasteiger partial charge in [-0.2, -0.15) is 0 Å². The summed E-state index contributed by atoms with van der Waals surface area (Å²) < 4.78 is 19.0. The Kier molecular flexibility index (Phi) is 3.86. The number of hydrogen-bond donors (Lipinski definition) is 1. The normalized spacial score (nSPS) is 11.8. The van der Waals surface area contributed by atoms with Gasteiger partial charge in [0.15, 0.2) is 0 Å². The first-order valence-electron chi connectivity index (χ1n) is 5.56. The molecule has 0 atom stereocenters. The summed E-state index contributed by atoms with van der Waals surface area (Å²) in [5.74, 6) is -0.791. The van der Waals surface area contributed by atoms with E-state index in [0.29, 0.717) is 5.69 Å². The largest absolute Gasteiger partial charge is 0.862 e. The maximum Gasteiger partial charge on any atom is 0.326 e. The lowest BCUT2D eigenvalue weighted by Gasteiger charge is -1.98. The van der Waals surface area contributed by atoms with Gasteiger partial charge in [0.2, 0.25) is 11.8 Å². The molecule has 0 radical (unpaired) electrons. The van der Waals surface area contributed by atoms with Gasteiger partial charge in [-0.15, -0.1) is 0 Å². The fourth-order valence-corrected chi connectivity index (χ4v) is 1.56. The Bertz CT molecular complexity index is 589. The molecule has 100 valence electrons. The van der Waals surface area contributed by atoms with Crippen LogP contribution in [-0.4, -0.2) is 16.3 Å². The summed E-state index contributed by atoms with van der Waals surface area (Å²) in [4.78, 5) is 3.60. The van der Waals surface area contributed by atoms with Crippen LogP contribution in [0.2, 0.25) is 0 Å². The van der Waals surface area contributed by atoms with E-state index in [9.17, 15) is 14.6 Å². The average molecular weight is 265 g/mol. The van der Waals surface area contributed by atoms with Crippen LogP contribution in [0.1, 0.15) is 18.2 Å². The molecule has 0 saturated carbocycles. The molecular formula is C12H12FN3O3. The second-order valence-electron chi connectivity index (χ2n) is 3.90. The van der Waals surface area contributed by atoms with Gasteiger partial charge in [-0.25, -0.2) is 9.38 Å². The zero-order valence-corrected chi connectivity index (χ0v) is 10.2. The Morgan fingerprint density at radius 1 is 1.47 bits per heavy atom. The molecule has 0 unspecified atom stereocenters. The minimum Gasteiger partial charge on any atom is -0.862 e. The Morgan fingerprint density at radius 2 is 2.16 bits per heavy atom. The number of rotatable bonds is 4. The standard InChI is InChI=1S/C12H12FN3O3/c1-8(18)14-12-11(7-17)16(15-19-12)6-9-2-4-10(13)5-3-9/h2-5,17H,6-7H2,1H3. The Balaban J connectivity index is 2.28. The number of aromatic nitrogens is 2. The van der Waals surface area contributed by atoms with Crippen molar-refractivity contribution in [2.75, 3.05) is 0 Å². The van der Waals surface area contributed by atoms with E-state index in [1.165, 1.54) is 23.7 Å². The topological polar surface area (TPSA) is 85.6 Å². The van der Waals surface area contributed by atoms with Crippen molar-refractivity contribution in [2.45, 2.75) is 20.1 Å². The van der Waals surface area contributed by atoms with Crippen LogP contribution >= 0.6 is 0 Å². The molecule has 0 bridgehead atoms. The SMILES string of the molecule is C/C([O-])=N/c1on[n+](Cc2ccc(F)cc2)c1CO. The van der Waals surface area contributed by atoms with E-state index in [4.69, 9.17) is 4.52 Å². The molecule has 0 fully saturated rings. The molecular weight excluding hydrogens is 253 g/mol. The number of aliphatic imine (C=N–C) groups is 1. The molecule has 1 N–H and O–H groups in total. The molecule has 2 rings (SSSR count). The summed E-state index contributed by atoms with van der Waals surface area (Å²) in [5.41, 5.74) is 1.07. The molecule has 1 heterocycles. The van der Waals surface area contributed by atoms with E-state index in [1.807, 2.05) is 0 Å². The zero-order valence-electron chi connectivity index (χ0n) is 10.2. The number of aliphatic hydroxyl groups is 1. The van der Waals surface area contributed by atoms with Crippen LogP contribution in [-0.2, 0) is 13.2 Å². The number of nitrogens with zero attached hydrogens (tertiary/aromatic N) is 3. The highest BCUT2D eigenvalue weighted by Gasteiger charge is 2.23. The summed E-state index contributed by atoms with van der Waals surface area (Å²) in [7, 11) is 0. The predicted molar refractivity (Wildman–Crippen MR) is 60.9 cm³/mol. The van der Waals surface area contributed by atoms with Crippen molar-refractivity contribution in [1.82, 2.24) is 5.27 Å². The van der Waals surface area contributed by atoms with Crippen LogP contribution in [0.25, 0.3) is 0 Å². The fourth-order valence-electron chi connectivity index (χ4n) is 1.56. The van der Waals surface area contributed by atoms with E-state index < -0.39 is 5.90 Å². The molecule has 0 aliphatic heterocycles. The quantitative estimate of drug-likeness (QED) is 0.481. The van der Waals surface area contributed by atoms with Crippen molar-refractivity contribution in [3.05, 3.63) is 41.3 Å². The van der Waals surface area contributed by atoms with E-state index in [0.717, 1.165) is 5.56 Å². The molecule has 19 heavy (non-hydrogen) atoms. The fraction of sp³-hybridized carbons (Fsp3) is 0.250. The van der Waals surface area contributed by atoms with Gasteiger partial charge in [0, 0.05) is 5.56 Å². The Hall–Kier alpha value is -2.28. The van der Waals surface area contributed by atoms with Gasteiger partial charge < -0.3 is 10.2 Å². The summed E-state index contributed by atoms with van der Waals surface area (Å²) in [5, 5.41) is 23.9. The predicted octanol–water partition coefficient (Wildman–Crippen LogP) is 0.0520. The van der Waals surface area contributed by atoms with Crippen LogP contribution in [0.3, 0.4) is 0 Å². The van der Waals surface area contributed by atoms with Gasteiger partial charge in [-0.3, -0.25) is 4.52 Å². The summed E-state index contributed by atoms with van der Waals surface area (Å²) in [6.45, 7) is 1.19. The second-order valence-corrected chi connectivity index (χ2v) is 3.90. The van der Waals surface area contributed by atoms with Crippen LogP contribution in [0, 0.1) is 5.82 Å². The van der Waals surface area contributed by atoms with Crippen molar-refractivity contribution >= 4 is 11.8 Å². The van der Waals surface area contributed by atoms with Crippen LogP contribution in [0.5, 0.6) is 0 Å². The van der Waals surface area contributed by atoms with Crippen molar-refractivity contribution in [1.29, 1.82) is 0 Å². The van der Waals surface area contributed by atoms with E-state index in [-0.39, 0.29) is 24.9 Å². The van der Waals surface area contributed by atoms with Crippen LogP contribution < -0.4 is 9.79 Å². The van der Waals surface area contributed by atoms with Crippen molar-refractivity contribution < 1.29 is 23.8 Å². The minimum absolute atomic E-state index is 0.0166. The highest BCUT2D eigenvalue weighted by molar-refractivity contribution is 5.71.